The van der Waals surface area contributed by atoms with Crippen LogP contribution in [0.25, 0.3) is 22.4 Å². The molecule has 8 heteroatoms. The molecule has 0 fully saturated rings. The first-order chi connectivity index (χ1) is 25.9. The number of aryl methyl sites for hydroxylation is 2. The fourth-order valence-electron chi connectivity index (χ4n) is 6.67. The molecular weight excluding hydrogens is 659 g/mol. The normalized spacial score (nSPS) is 11.8. The number of aromatic nitrogens is 4. The van der Waals surface area contributed by atoms with Gasteiger partial charge in [0.15, 0.2) is 5.75 Å². The summed E-state index contributed by atoms with van der Waals surface area (Å²) in [6, 6.07) is 39.7. The standard InChI is InChI=1S/C45H49N5O3/c1-4-41(36-14-8-5-9-15-36)44(38-16-10-6-11-17-38)39-22-24-40(25-23-39)53-31-30-48(3)32-35-18-20-37(21-19-35)42-33-50(47-46-42)28-13-7-12-27-49-29-26-43(51)45(52)34(49)2/h5-6,8-11,14-26,29,33,52H,4,7,12-13,27-28,30-32H2,1-3H3/b44-41-. The van der Waals surface area contributed by atoms with Crippen molar-refractivity contribution in [3.8, 4) is 22.8 Å². The number of pyridine rings is 1. The summed E-state index contributed by atoms with van der Waals surface area (Å²) in [7, 11) is 2.12. The van der Waals surface area contributed by atoms with E-state index in [9.17, 15) is 9.90 Å². The van der Waals surface area contributed by atoms with Crippen molar-refractivity contribution in [2.45, 2.75) is 59.2 Å². The van der Waals surface area contributed by atoms with Gasteiger partial charge in [-0.15, -0.1) is 5.10 Å². The molecule has 2 heterocycles. The summed E-state index contributed by atoms with van der Waals surface area (Å²) in [6.45, 7) is 7.75. The maximum Gasteiger partial charge on any atom is 0.223 e. The summed E-state index contributed by atoms with van der Waals surface area (Å²) in [6.07, 6.45) is 7.59. The molecule has 0 aliphatic heterocycles. The van der Waals surface area contributed by atoms with Crippen molar-refractivity contribution in [1.82, 2.24) is 24.5 Å². The first-order valence-electron chi connectivity index (χ1n) is 18.5. The van der Waals surface area contributed by atoms with Gasteiger partial charge in [0.1, 0.15) is 18.1 Å². The Kier molecular flexibility index (Phi) is 12.7. The van der Waals surface area contributed by atoms with Crippen molar-refractivity contribution in [2.24, 2.45) is 0 Å². The number of hydrogen-bond donors (Lipinski definition) is 1. The van der Waals surface area contributed by atoms with Crippen LogP contribution in [0.1, 0.15) is 60.6 Å². The smallest absolute Gasteiger partial charge is 0.223 e. The van der Waals surface area contributed by atoms with Crippen LogP contribution < -0.4 is 10.2 Å². The van der Waals surface area contributed by atoms with E-state index in [0.29, 0.717) is 12.3 Å². The third kappa shape index (κ3) is 9.78. The van der Waals surface area contributed by atoms with E-state index in [1.165, 1.54) is 39.5 Å². The molecule has 4 aromatic carbocycles. The third-order valence-corrected chi connectivity index (χ3v) is 9.66. The Morgan fingerprint density at radius 1 is 0.792 bits per heavy atom. The predicted octanol–water partition coefficient (Wildman–Crippen LogP) is 8.87. The van der Waals surface area contributed by atoms with E-state index in [-0.39, 0.29) is 11.2 Å². The van der Waals surface area contributed by atoms with Gasteiger partial charge in [0, 0.05) is 44.0 Å². The lowest BCUT2D eigenvalue weighted by molar-refractivity contribution is 0.233. The molecule has 0 unspecified atom stereocenters. The van der Waals surface area contributed by atoms with Crippen molar-refractivity contribution in [2.75, 3.05) is 20.2 Å². The maximum absolute atomic E-state index is 11.6. The number of ether oxygens (including phenoxy) is 1. The lowest BCUT2D eigenvalue weighted by atomic mass is 9.88. The van der Waals surface area contributed by atoms with Crippen LogP contribution in [0.3, 0.4) is 0 Å². The first-order valence-corrected chi connectivity index (χ1v) is 18.5. The van der Waals surface area contributed by atoms with Crippen LogP contribution in [0, 0.1) is 6.92 Å². The van der Waals surface area contributed by atoms with E-state index in [1.807, 2.05) is 15.4 Å². The summed E-state index contributed by atoms with van der Waals surface area (Å²) < 4.78 is 10.0. The van der Waals surface area contributed by atoms with Crippen LogP contribution in [0.5, 0.6) is 11.5 Å². The number of rotatable bonds is 17. The fourth-order valence-corrected chi connectivity index (χ4v) is 6.67. The van der Waals surface area contributed by atoms with E-state index in [2.05, 4.69) is 138 Å². The summed E-state index contributed by atoms with van der Waals surface area (Å²) >= 11 is 0. The van der Waals surface area contributed by atoms with Crippen molar-refractivity contribution >= 4 is 11.1 Å². The molecule has 0 aliphatic rings. The van der Waals surface area contributed by atoms with Crippen LogP contribution in [-0.4, -0.2) is 49.8 Å². The van der Waals surface area contributed by atoms with Crippen LogP contribution in [-0.2, 0) is 19.6 Å². The minimum absolute atomic E-state index is 0.165. The van der Waals surface area contributed by atoms with Crippen LogP contribution in [0.4, 0.5) is 0 Å². The molecule has 6 aromatic rings. The average Bonchev–Trinajstić information content (AvgIpc) is 3.67. The lowest BCUT2D eigenvalue weighted by Crippen LogP contribution is -2.23. The zero-order chi connectivity index (χ0) is 37.0. The predicted molar refractivity (Wildman–Crippen MR) is 214 cm³/mol. The lowest BCUT2D eigenvalue weighted by Gasteiger charge is -2.18. The summed E-state index contributed by atoms with van der Waals surface area (Å²) in [4.78, 5) is 13.8. The Hall–Kier alpha value is -5.73. The second-order valence-corrected chi connectivity index (χ2v) is 13.5. The maximum atomic E-state index is 11.6. The van der Waals surface area contributed by atoms with E-state index < -0.39 is 0 Å². The summed E-state index contributed by atoms with van der Waals surface area (Å²) in [5.74, 6) is 0.703. The number of benzene rings is 4. The highest BCUT2D eigenvalue weighted by molar-refractivity contribution is 5.98. The highest BCUT2D eigenvalue weighted by Gasteiger charge is 2.13. The molecule has 6 rings (SSSR count). The second-order valence-electron chi connectivity index (χ2n) is 13.5. The minimum atomic E-state index is -0.335. The molecule has 0 saturated carbocycles. The molecule has 0 spiro atoms. The molecule has 2 aromatic heterocycles. The Bertz CT molecular complexity index is 2140. The van der Waals surface area contributed by atoms with Crippen LogP contribution in [0.2, 0.25) is 0 Å². The molecule has 0 amide bonds. The number of hydrogen-bond acceptors (Lipinski definition) is 6. The minimum Gasteiger partial charge on any atom is -0.503 e. The number of aromatic hydroxyl groups is 1. The molecule has 0 bridgehead atoms. The molecule has 8 nitrogen and oxygen atoms in total. The molecule has 1 N–H and O–H groups in total. The van der Waals surface area contributed by atoms with Crippen molar-refractivity contribution in [3.63, 3.8) is 0 Å². The summed E-state index contributed by atoms with van der Waals surface area (Å²) in [5, 5.41) is 18.6. The van der Waals surface area contributed by atoms with E-state index >= 15 is 0 Å². The average molecular weight is 708 g/mol. The van der Waals surface area contributed by atoms with Gasteiger partial charge in [0.2, 0.25) is 5.43 Å². The Morgan fingerprint density at radius 3 is 2.15 bits per heavy atom. The van der Waals surface area contributed by atoms with Gasteiger partial charge in [-0.05, 0) is 85.2 Å². The Balaban J connectivity index is 0.960. The SMILES string of the molecule is CC/C(=C(\c1ccccc1)c1ccc(OCCN(C)Cc2ccc(-c3cn(CCCCCn4ccc(=O)c(O)c4C)nn3)cc2)cc1)c1ccccc1. The number of nitrogens with zero attached hydrogens (tertiary/aromatic N) is 5. The molecule has 0 saturated heterocycles. The topological polar surface area (TPSA) is 85.4 Å². The zero-order valence-corrected chi connectivity index (χ0v) is 31.0. The van der Waals surface area contributed by atoms with Gasteiger partial charge in [0.05, 0.1) is 11.9 Å². The van der Waals surface area contributed by atoms with Crippen LogP contribution in [0.15, 0.2) is 132 Å². The molecule has 0 radical (unpaired) electrons. The summed E-state index contributed by atoms with van der Waals surface area (Å²) in [5.41, 5.74) is 9.64. The van der Waals surface area contributed by atoms with Gasteiger partial charge in [-0.25, -0.2) is 0 Å². The Labute approximate surface area is 312 Å². The highest BCUT2D eigenvalue weighted by atomic mass is 16.5. The Morgan fingerprint density at radius 2 is 1.45 bits per heavy atom. The second kappa shape index (κ2) is 18.2. The third-order valence-electron chi connectivity index (χ3n) is 9.66. The van der Waals surface area contributed by atoms with Gasteiger partial charge in [-0.2, -0.15) is 0 Å². The molecule has 0 aliphatic carbocycles. The monoisotopic (exact) mass is 707 g/mol. The van der Waals surface area contributed by atoms with Crippen molar-refractivity contribution in [1.29, 1.82) is 0 Å². The quantitative estimate of drug-likeness (QED) is 0.0753. The van der Waals surface area contributed by atoms with Gasteiger partial charge in [-0.3, -0.25) is 14.4 Å². The van der Waals surface area contributed by atoms with Crippen molar-refractivity contribution < 1.29 is 9.84 Å². The molecule has 272 valence electrons. The number of allylic oxidation sites excluding steroid dienone is 1. The number of unbranched alkanes of at least 4 members (excludes halogenated alkanes) is 2. The van der Waals surface area contributed by atoms with Crippen molar-refractivity contribution in [3.05, 3.63) is 166 Å². The van der Waals surface area contributed by atoms with E-state index in [0.717, 1.165) is 68.9 Å². The van der Waals surface area contributed by atoms with Gasteiger partial charge in [0.25, 0.3) is 0 Å². The van der Waals surface area contributed by atoms with E-state index in [4.69, 9.17) is 4.74 Å². The van der Waals surface area contributed by atoms with E-state index in [1.54, 1.807) is 13.1 Å². The molecule has 53 heavy (non-hydrogen) atoms. The van der Waals surface area contributed by atoms with Gasteiger partial charge >= 0.3 is 0 Å². The first kappa shape index (κ1) is 37.0. The zero-order valence-electron chi connectivity index (χ0n) is 31.0. The largest absolute Gasteiger partial charge is 0.503 e. The van der Waals surface area contributed by atoms with Gasteiger partial charge in [-0.1, -0.05) is 109 Å². The number of likely N-dealkylation sites (N-methyl/N-ethyl adjacent to an activating group) is 1. The molecule has 0 atom stereocenters. The molecular formula is C45H49N5O3. The fraction of sp³-hybridized carbons (Fsp3) is 0.267. The van der Waals surface area contributed by atoms with Crippen LogP contribution >= 0.6 is 0 Å². The van der Waals surface area contributed by atoms with Gasteiger partial charge < -0.3 is 14.4 Å². The highest BCUT2D eigenvalue weighted by Crippen LogP contribution is 2.35.